The Morgan fingerprint density at radius 2 is 1.38 bits per heavy atom. The number of hydrogen-bond acceptors (Lipinski definition) is 7. The Kier molecular flexibility index (Phi) is 9.17. The zero-order valence-corrected chi connectivity index (χ0v) is 27.2. The molecule has 1 heterocycles. The van der Waals surface area contributed by atoms with Gasteiger partial charge in [-0.2, -0.15) is 4.31 Å². The van der Waals surface area contributed by atoms with Crippen LogP contribution in [0.15, 0.2) is 119 Å². The normalized spacial score (nSPS) is 14.0. The number of hydrogen-bond donors (Lipinski definition) is 2. The smallest absolute Gasteiger partial charge is 0.261 e. The predicted octanol–water partition coefficient (Wildman–Crippen LogP) is 6.87. The molecule has 0 radical (unpaired) electrons. The summed E-state index contributed by atoms with van der Waals surface area (Å²) < 4.78 is 69.0. The van der Waals surface area contributed by atoms with Gasteiger partial charge in [0.05, 0.1) is 22.6 Å². The Morgan fingerprint density at radius 1 is 0.681 bits per heavy atom. The van der Waals surface area contributed by atoms with Crippen molar-refractivity contribution in [3.8, 4) is 17.2 Å². The van der Waals surface area contributed by atoms with Gasteiger partial charge >= 0.3 is 0 Å². The molecule has 2 N–H and O–H groups in total. The van der Waals surface area contributed by atoms with Crippen LogP contribution >= 0.6 is 0 Å². The summed E-state index contributed by atoms with van der Waals surface area (Å²) in [6, 6.07) is 29.6. The van der Waals surface area contributed by atoms with Gasteiger partial charge < -0.3 is 14.8 Å². The van der Waals surface area contributed by atoms with E-state index in [0.717, 1.165) is 30.0 Å². The number of sulfonamides is 2. The van der Waals surface area contributed by atoms with E-state index in [9.17, 15) is 21.6 Å². The van der Waals surface area contributed by atoms with Crippen LogP contribution in [0, 0.1) is 0 Å². The second kappa shape index (κ2) is 13.4. The lowest BCUT2D eigenvalue weighted by atomic mass is 10.1. The van der Waals surface area contributed by atoms with Gasteiger partial charge in [-0.05, 0) is 84.3 Å². The molecule has 47 heavy (non-hydrogen) atoms. The van der Waals surface area contributed by atoms with Crippen LogP contribution in [0.3, 0.4) is 0 Å². The van der Waals surface area contributed by atoms with Gasteiger partial charge in [0.2, 0.25) is 10.0 Å². The maximum absolute atomic E-state index is 13.6. The quantitative estimate of drug-likeness (QED) is 0.166. The van der Waals surface area contributed by atoms with Crippen molar-refractivity contribution < 1.29 is 31.1 Å². The van der Waals surface area contributed by atoms with E-state index >= 15 is 0 Å². The fourth-order valence-electron chi connectivity index (χ4n) is 5.40. The third-order valence-corrected chi connectivity index (χ3v) is 11.1. The van der Waals surface area contributed by atoms with E-state index < -0.39 is 26.0 Å². The molecule has 0 saturated carbocycles. The number of piperidine rings is 1. The molecule has 1 aliphatic rings. The number of anilines is 2. The summed E-state index contributed by atoms with van der Waals surface area (Å²) in [5, 5.41) is 4.46. The standard InChI is InChI=1S/C35H33N3O7S2/c1-44-33-14-5-6-15-34(33)45-32-19-18-30(47(42,43)38-20-7-2-8-21-38)24-31(32)36-35(39)27-12-9-13-28(22-27)37-46(40,41)29-17-16-25-10-3-4-11-26(25)23-29/h3-6,9-19,22-24,37H,2,7-8,20-21H2,1H3,(H,36,39). The van der Waals surface area contributed by atoms with Crippen molar-refractivity contribution in [2.24, 2.45) is 0 Å². The van der Waals surface area contributed by atoms with E-state index in [-0.39, 0.29) is 32.5 Å². The molecule has 12 heteroatoms. The topological polar surface area (TPSA) is 131 Å². The van der Waals surface area contributed by atoms with Crippen LogP contribution in [-0.2, 0) is 20.0 Å². The van der Waals surface area contributed by atoms with Crippen molar-refractivity contribution in [1.29, 1.82) is 0 Å². The molecule has 0 unspecified atom stereocenters. The molecule has 1 amide bonds. The second-order valence-corrected chi connectivity index (χ2v) is 14.6. The molecular weight excluding hydrogens is 639 g/mol. The lowest BCUT2D eigenvalue weighted by Crippen LogP contribution is -2.35. The molecule has 242 valence electrons. The third-order valence-electron chi connectivity index (χ3n) is 7.85. The number of benzene rings is 5. The van der Waals surface area contributed by atoms with E-state index in [1.165, 1.54) is 53.9 Å². The maximum atomic E-state index is 13.6. The molecule has 1 saturated heterocycles. The van der Waals surface area contributed by atoms with E-state index in [4.69, 9.17) is 9.47 Å². The van der Waals surface area contributed by atoms with Gasteiger partial charge in [-0.15, -0.1) is 0 Å². The molecule has 0 aromatic heterocycles. The zero-order valence-electron chi connectivity index (χ0n) is 25.5. The van der Waals surface area contributed by atoms with Gasteiger partial charge in [-0.25, -0.2) is 16.8 Å². The van der Waals surface area contributed by atoms with Gasteiger partial charge in [0.1, 0.15) is 0 Å². The van der Waals surface area contributed by atoms with Crippen LogP contribution in [0.5, 0.6) is 17.2 Å². The first-order chi connectivity index (χ1) is 22.6. The molecule has 5 aromatic carbocycles. The van der Waals surface area contributed by atoms with Gasteiger partial charge in [-0.1, -0.05) is 55.0 Å². The summed E-state index contributed by atoms with van der Waals surface area (Å²) in [5.41, 5.74) is 0.426. The lowest BCUT2D eigenvalue weighted by Gasteiger charge is -2.26. The van der Waals surface area contributed by atoms with Gasteiger partial charge in [0, 0.05) is 24.3 Å². The first kappa shape index (κ1) is 32.0. The molecule has 0 aliphatic carbocycles. The molecule has 5 aromatic rings. The fourth-order valence-corrected chi connectivity index (χ4v) is 8.03. The van der Waals surface area contributed by atoms with Crippen molar-refractivity contribution in [1.82, 2.24) is 4.31 Å². The molecule has 6 rings (SSSR count). The number of methoxy groups -OCH3 is 1. The van der Waals surface area contributed by atoms with Crippen LogP contribution in [-0.4, -0.2) is 47.2 Å². The molecule has 0 spiro atoms. The van der Waals surface area contributed by atoms with Crippen LogP contribution < -0.4 is 19.5 Å². The molecule has 10 nitrogen and oxygen atoms in total. The van der Waals surface area contributed by atoms with Crippen molar-refractivity contribution in [2.45, 2.75) is 29.1 Å². The van der Waals surface area contributed by atoms with Crippen LogP contribution in [0.25, 0.3) is 10.8 Å². The van der Waals surface area contributed by atoms with Gasteiger partial charge in [-0.3, -0.25) is 9.52 Å². The number of rotatable bonds is 10. The highest BCUT2D eigenvalue weighted by atomic mass is 32.2. The first-order valence-corrected chi connectivity index (χ1v) is 17.9. The summed E-state index contributed by atoms with van der Waals surface area (Å²) in [5.74, 6) is 0.395. The Hall–Kier alpha value is -4.91. The van der Waals surface area contributed by atoms with Gasteiger partial charge in [0.25, 0.3) is 15.9 Å². The number of amides is 1. The predicted molar refractivity (Wildman–Crippen MR) is 181 cm³/mol. The number of carbonyl (C=O) groups is 1. The average Bonchev–Trinajstić information content (AvgIpc) is 3.09. The maximum Gasteiger partial charge on any atom is 0.261 e. The molecule has 0 bridgehead atoms. The Morgan fingerprint density at radius 3 is 2.15 bits per heavy atom. The number of ether oxygens (including phenoxy) is 2. The van der Waals surface area contributed by atoms with Crippen molar-refractivity contribution in [3.63, 3.8) is 0 Å². The van der Waals surface area contributed by atoms with Gasteiger partial charge in [0.15, 0.2) is 17.2 Å². The van der Waals surface area contributed by atoms with Crippen LogP contribution in [0.1, 0.15) is 29.6 Å². The number of fused-ring (bicyclic) bond motifs is 1. The highest BCUT2D eigenvalue weighted by Crippen LogP contribution is 2.37. The summed E-state index contributed by atoms with van der Waals surface area (Å²) in [7, 11) is -6.30. The number of nitrogens with one attached hydrogen (secondary N) is 2. The second-order valence-electron chi connectivity index (χ2n) is 11.0. The summed E-state index contributed by atoms with van der Waals surface area (Å²) in [6.45, 7) is 0.844. The van der Waals surface area contributed by atoms with E-state index in [0.29, 0.717) is 24.6 Å². The van der Waals surface area contributed by atoms with E-state index in [1.54, 1.807) is 42.5 Å². The minimum atomic E-state index is -3.97. The highest BCUT2D eigenvalue weighted by molar-refractivity contribution is 7.92. The Balaban J connectivity index is 1.29. The van der Waals surface area contributed by atoms with Crippen molar-refractivity contribution in [2.75, 3.05) is 30.2 Å². The minimum Gasteiger partial charge on any atom is -0.493 e. The number of para-hydroxylation sites is 2. The largest absolute Gasteiger partial charge is 0.493 e. The Labute approximate surface area is 274 Å². The van der Waals surface area contributed by atoms with Crippen LogP contribution in [0.2, 0.25) is 0 Å². The minimum absolute atomic E-state index is 0.0129. The fraction of sp³-hybridized carbons (Fsp3) is 0.171. The number of nitrogens with zero attached hydrogens (tertiary/aromatic N) is 1. The first-order valence-electron chi connectivity index (χ1n) is 15.0. The van der Waals surface area contributed by atoms with Crippen molar-refractivity contribution >= 4 is 48.1 Å². The lowest BCUT2D eigenvalue weighted by molar-refractivity contribution is 0.102. The third kappa shape index (κ3) is 7.09. The number of carbonyl (C=O) groups excluding carboxylic acids is 1. The molecule has 1 aliphatic heterocycles. The highest BCUT2D eigenvalue weighted by Gasteiger charge is 2.27. The Bertz CT molecular complexity index is 2160. The molecule has 1 fully saturated rings. The summed E-state index contributed by atoms with van der Waals surface area (Å²) in [4.78, 5) is 13.7. The molecule has 0 atom stereocenters. The zero-order chi connectivity index (χ0) is 33.0. The summed E-state index contributed by atoms with van der Waals surface area (Å²) in [6.07, 6.45) is 2.52. The summed E-state index contributed by atoms with van der Waals surface area (Å²) >= 11 is 0. The van der Waals surface area contributed by atoms with E-state index in [2.05, 4.69) is 10.0 Å². The van der Waals surface area contributed by atoms with E-state index in [1.807, 2.05) is 24.3 Å². The van der Waals surface area contributed by atoms with Crippen LogP contribution in [0.4, 0.5) is 11.4 Å². The van der Waals surface area contributed by atoms with Crippen molar-refractivity contribution in [3.05, 3.63) is 115 Å². The monoisotopic (exact) mass is 671 g/mol. The molecular formula is C35H33N3O7S2. The SMILES string of the molecule is COc1ccccc1Oc1ccc(S(=O)(=O)N2CCCCC2)cc1NC(=O)c1cccc(NS(=O)(=O)c2ccc3ccccc3c2)c1. The average molecular weight is 672 g/mol.